The first kappa shape index (κ1) is 22.5. The third-order valence-electron chi connectivity index (χ3n) is 5.15. The van der Waals surface area contributed by atoms with Crippen molar-refractivity contribution in [2.45, 2.75) is 37.9 Å². The first-order valence-electron chi connectivity index (χ1n) is 10.7. The van der Waals surface area contributed by atoms with Gasteiger partial charge in [-0.2, -0.15) is 0 Å². The molecule has 33 heavy (non-hydrogen) atoms. The lowest BCUT2D eigenvalue weighted by Crippen LogP contribution is -2.42. The van der Waals surface area contributed by atoms with Crippen molar-refractivity contribution < 1.29 is 9.59 Å². The highest BCUT2D eigenvalue weighted by Gasteiger charge is 2.17. The second kappa shape index (κ2) is 10.3. The van der Waals surface area contributed by atoms with Crippen molar-refractivity contribution in [1.82, 2.24) is 30.0 Å². The van der Waals surface area contributed by atoms with Gasteiger partial charge in [-0.15, -0.1) is 10.2 Å². The third kappa shape index (κ3) is 4.90. The molecule has 0 atom stereocenters. The number of thioether (sulfide) groups is 1. The normalized spacial score (nSPS) is 11.1. The maximum Gasteiger partial charge on any atom is 0.269 e. The number of aryl methyl sites for hydroxylation is 1. The van der Waals surface area contributed by atoms with Crippen molar-refractivity contribution in [1.29, 1.82) is 0 Å². The lowest BCUT2D eigenvalue weighted by atomic mass is 10.2. The summed E-state index contributed by atoms with van der Waals surface area (Å²) in [5.41, 5.74) is 5.85. The number of hydrazine groups is 1. The number of nitrogens with zero attached hydrogens (tertiary/aromatic N) is 4. The fourth-order valence-corrected chi connectivity index (χ4v) is 4.24. The summed E-state index contributed by atoms with van der Waals surface area (Å²) >= 11 is 1.18. The van der Waals surface area contributed by atoms with Crippen molar-refractivity contribution in [3.05, 3.63) is 70.5 Å². The van der Waals surface area contributed by atoms with Crippen molar-refractivity contribution in [2.75, 3.05) is 5.75 Å². The zero-order chi connectivity index (χ0) is 23.2. The molecule has 2 aromatic carbocycles. The molecule has 4 rings (SSSR count). The van der Waals surface area contributed by atoms with Crippen LogP contribution in [0.15, 0.2) is 64.5 Å². The number of unbranched alkanes of at least 4 members (excludes halogenated alkanes) is 2. The van der Waals surface area contributed by atoms with Gasteiger partial charge in [0.2, 0.25) is 11.7 Å². The summed E-state index contributed by atoms with van der Waals surface area (Å²) in [6, 6.07) is 15.9. The second-order valence-electron chi connectivity index (χ2n) is 7.46. The molecule has 9 nitrogen and oxygen atoms in total. The Labute approximate surface area is 194 Å². The lowest BCUT2D eigenvalue weighted by Gasteiger charge is -2.11. The number of carbonyl (C=O) groups is 2. The van der Waals surface area contributed by atoms with Crippen LogP contribution >= 0.6 is 11.8 Å². The van der Waals surface area contributed by atoms with Gasteiger partial charge < -0.3 is 0 Å². The topological polar surface area (TPSA) is 110 Å². The van der Waals surface area contributed by atoms with E-state index in [4.69, 9.17) is 0 Å². The number of hydrogen-bond donors (Lipinski definition) is 2. The monoisotopic (exact) mass is 464 g/mol. The number of nitrogens with one attached hydrogen (secondary N) is 2. The van der Waals surface area contributed by atoms with E-state index in [1.165, 1.54) is 11.8 Å². The molecular formula is C23H24N6O3S. The average molecular weight is 465 g/mol. The number of para-hydroxylation sites is 1. The van der Waals surface area contributed by atoms with Crippen LogP contribution in [0, 0.1) is 0 Å². The third-order valence-corrected chi connectivity index (χ3v) is 6.08. The van der Waals surface area contributed by atoms with E-state index in [1.54, 1.807) is 34.9 Å². The van der Waals surface area contributed by atoms with Gasteiger partial charge in [0.15, 0.2) is 5.16 Å². The molecule has 0 aliphatic carbocycles. The summed E-state index contributed by atoms with van der Waals surface area (Å²) in [5.74, 6) is -0.320. The zero-order valence-electron chi connectivity index (χ0n) is 18.2. The van der Waals surface area contributed by atoms with E-state index in [1.807, 2.05) is 28.7 Å². The summed E-state index contributed by atoms with van der Waals surface area (Å²) < 4.78 is 3.46. The number of hydrogen-bond acceptors (Lipinski definition) is 6. The minimum Gasteiger partial charge on any atom is -0.276 e. The van der Waals surface area contributed by atoms with Gasteiger partial charge in [0, 0.05) is 12.1 Å². The van der Waals surface area contributed by atoms with Gasteiger partial charge in [0.25, 0.3) is 11.5 Å². The van der Waals surface area contributed by atoms with Crippen LogP contribution in [0.1, 0.15) is 36.5 Å². The average Bonchev–Trinajstić information content (AvgIpc) is 3.28. The molecule has 0 aliphatic rings. The molecule has 170 valence electrons. The SMILES string of the molecule is CCCCCn1c(=O)c2ccccc2n2c(SCC(=O)NNC(=O)c3ccccc3)nnc12. The standard InChI is InChI=1S/C23H24N6O3S/c1-2-3-9-14-28-21(32)17-12-7-8-13-18(17)29-22(28)26-27-23(29)33-15-19(30)24-25-20(31)16-10-5-4-6-11-16/h4-8,10-13H,2-3,9,14-15H2,1H3,(H,24,30)(H,25,31). The van der Waals surface area contributed by atoms with Gasteiger partial charge in [-0.25, -0.2) is 0 Å². The van der Waals surface area contributed by atoms with Crippen LogP contribution in [0.25, 0.3) is 16.7 Å². The smallest absolute Gasteiger partial charge is 0.269 e. The van der Waals surface area contributed by atoms with E-state index >= 15 is 0 Å². The number of rotatable bonds is 8. The summed E-state index contributed by atoms with van der Waals surface area (Å²) in [6.45, 7) is 2.66. The van der Waals surface area contributed by atoms with Crippen molar-refractivity contribution in [2.24, 2.45) is 0 Å². The molecule has 0 bridgehead atoms. The minimum absolute atomic E-state index is 0.0130. The first-order chi connectivity index (χ1) is 16.1. The predicted molar refractivity (Wildman–Crippen MR) is 127 cm³/mol. The van der Waals surface area contributed by atoms with Gasteiger partial charge in [-0.3, -0.25) is 34.2 Å². The van der Waals surface area contributed by atoms with Gasteiger partial charge in [-0.1, -0.05) is 61.9 Å². The van der Waals surface area contributed by atoms with E-state index in [-0.39, 0.29) is 17.2 Å². The highest BCUT2D eigenvalue weighted by molar-refractivity contribution is 7.99. The van der Waals surface area contributed by atoms with E-state index < -0.39 is 5.91 Å². The highest BCUT2D eigenvalue weighted by atomic mass is 32.2. The molecule has 0 aliphatic heterocycles. The Kier molecular flexibility index (Phi) is 7.04. The molecule has 0 saturated heterocycles. The van der Waals surface area contributed by atoms with E-state index in [0.29, 0.717) is 33.9 Å². The fraction of sp³-hybridized carbons (Fsp3) is 0.261. The van der Waals surface area contributed by atoms with Gasteiger partial charge in [0.05, 0.1) is 16.7 Å². The van der Waals surface area contributed by atoms with Gasteiger partial charge in [-0.05, 0) is 30.7 Å². The van der Waals surface area contributed by atoms with E-state index in [2.05, 4.69) is 28.0 Å². The van der Waals surface area contributed by atoms with Crippen LogP contribution in [-0.2, 0) is 11.3 Å². The Bertz CT molecular complexity index is 1350. The maximum atomic E-state index is 13.0. The number of aromatic nitrogens is 4. The lowest BCUT2D eigenvalue weighted by molar-refractivity contribution is -0.119. The summed E-state index contributed by atoms with van der Waals surface area (Å²) in [4.78, 5) is 37.4. The van der Waals surface area contributed by atoms with E-state index in [9.17, 15) is 14.4 Å². The Balaban J connectivity index is 1.53. The van der Waals surface area contributed by atoms with Crippen LogP contribution in [-0.4, -0.2) is 36.7 Å². The molecule has 0 spiro atoms. The first-order valence-corrected chi connectivity index (χ1v) is 11.7. The molecule has 0 unspecified atom stereocenters. The largest absolute Gasteiger partial charge is 0.276 e. The molecule has 2 amide bonds. The number of carbonyl (C=O) groups excluding carboxylic acids is 2. The second-order valence-corrected chi connectivity index (χ2v) is 8.40. The summed E-state index contributed by atoms with van der Waals surface area (Å²) in [7, 11) is 0. The number of amides is 2. The molecule has 10 heteroatoms. The van der Waals surface area contributed by atoms with Crippen LogP contribution in [0.2, 0.25) is 0 Å². The molecule has 0 saturated carbocycles. The fourth-order valence-electron chi connectivity index (χ4n) is 3.50. The molecule has 4 aromatic rings. The Morgan fingerprint density at radius 3 is 2.52 bits per heavy atom. The highest BCUT2D eigenvalue weighted by Crippen LogP contribution is 2.21. The van der Waals surface area contributed by atoms with Crippen LogP contribution in [0.4, 0.5) is 0 Å². The Morgan fingerprint density at radius 1 is 0.970 bits per heavy atom. The maximum absolute atomic E-state index is 13.0. The predicted octanol–water partition coefficient (Wildman–Crippen LogP) is 2.79. The molecular weight excluding hydrogens is 440 g/mol. The quantitative estimate of drug-likeness (QED) is 0.236. The minimum atomic E-state index is -0.399. The van der Waals surface area contributed by atoms with Crippen LogP contribution < -0.4 is 16.4 Å². The van der Waals surface area contributed by atoms with Crippen molar-refractivity contribution >= 4 is 40.3 Å². The molecule has 2 aromatic heterocycles. The van der Waals surface area contributed by atoms with Crippen molar-refractivity contribution in [3.8, 4) is 0 Å². The molecule has 2 N–H and O–H groups in total. The molecule has 0 fully saturated rings. The summed E-state index contributed by atoms with van der Waals surface area (Å²) in [5, 5.41) is 9.56. The summed E-state index contributed by atoms with van der Waals surface area (Å²) in [6.07, 6.45) is 2.92. The van der Waals surface area contributed by atoms with E-state index in [0.717, 1.165) is 19.3 Å². The zero-order valence-corrected chi connectivity index (χ0v) is 19.0. The molecule has 2 heterocycles. The Hall–Kier alpha value is -3.66. The molecule has 0 radical (unpaired) electrons. The number of fused-ring (bicyclic) bond motifs is 3. The number of benzene rings is 2. The van der Waals surface area contributed by atoms with Crippen LogP contribution in [0.5, 0.6) is 0 Å². The van der Waals surface area contributed by atoms with Gasteiger partial charge >= 0.3 is 0 Å². The van der Waals surface area contributed by atoms with Gasteiger partial charge in [0.1, 0.15) is 0 Å². The Morgan fingerprint density at radius 2 is 1.73 bits per heavy atom. The van der Waals surface area contributed by atoms with Crippen molar-refractivity contribution in [3.63, 3.8) is 0 Å². The van der Waals surface area contributed by atoms with Crippen LogP contribution in [0.3, 0.4) is 0 Å².